The zero-order valence-electron chi connectivity index (χ0n) is 18.2. The van der Waals surface area contributed by atoms with Gasteiger partial charge in [0.2, 0.25) is 0 Å². The minimum atomic E-state index is -0.314. The Kier molecular flexibility index (Phi) is 5.58. The van der Waals surface area contributed by atoms with Gasteiger partial charge < -0.3 is 5.32 Å². The molecule has 4 aromatic heterocycles. The van der Waals surface area contributed by atoms with Crippen LogP contribution in [0.15, 0.2) is 79.5 Å². The van der Waals surface area contributed by atoms with Crippen LogP contribution < -0.4 is 10.6 Å². The molecule has 5 aromatic rings. The second-order valence-corrected chi connectivity index (χ2v) is 8.96. The maximum absolute atomic E-state index is 12.3. The Labute approximate surface area is 195 Å². The van der Waals surface area contributed by atoms with Crippen molar-refractivity contribution in [3.63, 3.8) is 0 Å². The molecule has 0 fully saturated rings. The fraction of sp³-hybridized carbons (Fsp3) is 0.120. The molecule has 7 nitrogen and oxygen atoms in total. The Morgan fingerprint density at radius 3 is 2.42 bits per heavy atom. The molecule has 0 spiro atoms. The van der Waals surface area contributed by atoms with Crippen LogP contribution >= 0.6 is 11.3 Å². The Morgan fingerprint density at radius 2 is 1.70 bits per heavy atom. The predicted molar refractivity (Wildman–Crippen MR) is 133 cm³/mol. The van der Waals surface area contributed by atoms with Crippen molar-refractivity contribution in [1.82, 2.24) is 19.4 Å². The van der Waals surface area contributed by atoms with Crippen molar-refractivity contribution in [2.24, 2.45) is 0 Å². The zero-order valence-corrected chi connectivity index (χ0v) is 19.0. The van der Waals surface area contributed by atoms with Crippen molar-refractivity contribution in [2.45, 2.75) is 19.8 Å². The number of aromatic nitrogens is 4. The van der Waals surface area contributed by atoms with Gasteiger partial charge in [0.25, 0.3) is 0 Å². The van der Waals surface area contributed by atoms with Gasteiger partial charge in [0.15, 0.2) is 5.13 Å². The van der Waals surface area contributed by atoms with E-state index in [1.54, 1.807) is 18.6 Å². The summed E-state index contributed by atoms with van der Waals surface area (Å²) >= 11 is 1.49. The number of hydrogen-bond donors (Lipinski definition) is 2. The first-order valence-corrected chi connectivity index (χ1v) is 11.4. The van der Waals surface area contributed by atoms with Crippen LogP contribution in [0.5, 0.6) is 0 Å². The summed E-state index contributed by atoms with van der Waals surface area (Å²) in [5, 5.41) is 6.23. The van der Waals surface area contributed by atoms with Gasteiger partial charge in [-0.25, -0.2) is 14.8 Å². The topological polar surface area (TPSA) is 84.2 Å². The summed E-state index contributed by atoms with van der Waals surface area (Å²) in [6, 6.07) is 15.5. The van der Waals surface area contributed by atoms with E-state index in [1.807, 2.05) is 48.8 Å². The second-order valence-electron chi connectivity index (χ2n) is 7.90. The summed E-state index contributed by atoms with van der Waals surface area (Å²) in [4.78, 5) is 26.4. The molecule has 1 aromatic carbocycles. The van der Waals surface area contributed by atoms with Crippen molar-refractivity contribution < 1.29 is 4.79 Å². The fourth-order valence-electron chi connectivity index (χ4n) is 3.51. The maximum Gasteiger partial charge on any atom is 0.325 e. The summed E-state index contributed by atoms with van der Waals surface area (Å²) < 4.78 is 2.05. The lowest BCUT2D eigenvalue weighted by molar-refractivity contribution is 0.262. The summed E-state index contributed by atoms with van der Waals surface area (Å²) in [5.74, 6) is 0.385. The number of fused-ring (bicyclic) bond motifs is 1. The van der Waals surface area contributed by atoms with Gasteiger partial charge >= 0.3 is 6.03 Å². The molecule has 164 valence electrons. The largest absolute Gasteiger partial charge is 0.325 e. The highest BCUT2D eigenvalue weighted by molar-refractivity contribution is 7.15. The highest BCUT2D eigenvalue weighted by Crippen LogP contribution is 2.27. The van der Waals surface area contributed by atoms with Gasteiger partial charge in [-0.2, -0.15) is 0 Å². The average molecular weight is 455 g/mol. The van der Waals surface area contributed by atoms with Gasteiger partial charge in [-0.3, -0.25) is 14.7 Å². The van der Waals surface area contributed by atoms with Crippen LogP contribution in [0.1, 0.15) is 24.6 Å². The fourth-order valence-corrected chi connectivity index (χ4v) is 4.33. The van der Waals surface area contributed by atoms with Crippen molar-refractivity contribution in [2.75, 3.05) is 10.6 Å². The number of hydrogen-bond acceptors (Lipinski definition) is 5. The van der Waals surface area contributed by atoms with E-state index in [9.17, 15) is 4.79 Å². The molecule has 0 aliphatic rings. The van der Waals surface area contributed by atoms with E-state index >= 15 is 0 Å². The van der Waals surface area contributed by atoms with Crippen molar-refractivity contribution in [1.29, 1.82) is 0 Å². The third-order valence-corrected chi connectivity index (χ3v) is 6.49. The molecule has 0 radical (unpaired) electrons. The van der Waals surface area contributed by atoms with E-state index in [2.05, 4.69) is 56.0 Å². The van der Waals surface area contributed by atoms with Gasteiger partial charge in [0, 0.05) is 40.9 Å². The number of carbonyl (C=O) groups excluding carboxylic acids is 1. The molecule has 2 N–H and O–H groups in total. The molecule has 0 saturated heterocycles. The molecule has 2 amide bonds. The molecule has 8 heteroatoms. The molecule has 5 rings (SSSR count). The maximum atomic E-state index is 12.3. The third kappa shape index (κ3) is 4.47. The molecule has 33 heavy (non-hydrogen) atoms. The van der Waals surface area contributed by atoms with E-state index in [0.29, 0.717) is 16.7 Å². The standard InChI is InChI=1S/C25H22N6OS/c1-16(2)22-15-28-25(33-22)30-24(32)29-20-5-3-18(4-6-20)21-14-27-23-13-19(9-12-31(21)23)17-7-10-26-11-8-17/h3-16H,1-2H3,(H2,28,29,30,32). The van der Waals surface area contributed by atoms with Crippen LogP contribution in [-0.4, -0.2) is 25.4 Å². The van der Waals surface area contributed by atoms with Crippen LogP contribution in [0.4, 0.5) is 15.6 Å². The quantitative estimate of drug-likeness (QED) is 0.327. The minimum Gasteiger partial charge on any atom is -0.308 e. The average Bonchev–Trinajstić information content (AvgIpc) is 3.47. The van der Waals surface area contributed by atoms with Crippen LogP contribution in [0.3, 0.4) is 0 Å². The van der Waals surface area contributed by atoms with Gasteiger partial charge in [0.05, 0.1) is 11.9 Å². The number of amides is 2. The number of imidazole rings is 1. The smallest absolute Gasteiger partial charge is 0.308 e. The van der Waals surface area contributed by atoms with Crippen LogP contribution in [-0.2, 0) is 0 Å². The highest BCUT2D eigenvalue weighted by atomic mass is 32.1. The number of nitrogens with one attached hydrogen (secondary N) is 2. The molecule has 0 aliphatic heterocycles. The van der Waals surface area contributed by atoms with E-state index in [4.69, 9.17) is 0 Å². The third-order valence-electron chi connectivity index (χ3n) is 5.28. The number of pyridine rings is 2. The van der Waals surface area contributed by atoms with E-state index in [-0.39, 0.29) is 6.03 Å². The lowest BCUT2D eigenvalue weighted by Crippen LogP contribution is -2.19. The molecule has 0 saturated carbocycles. The summed E-state index contributed by atoms with van der Waals surface area (Å²) in [6.07, 6.45) is 9.25. The van der Waals surface area contributed by atoms with Gasteiger partial charge in [-0.15, -0.1) is 11.3 Å². The Bertz CT molecular complexity index is 1410. The second kappa shape index (κ2) is 8.84. The molecule has 0 unspecified atom stereocenters. The first-order valence-electron chi connectivity index (χ1n) is 10.6. The minimum absolute atomic E-state index is 0.314. The molecular weight excluding hydrogens is 432 g/mol. The first-order chi connectivity index (χ1) is 16.1. The van der Waals surface area contributed by atoms with E-state index in [1.165, 1.54) is 11.3 Å². The Morgan fingerprint density at radius 1 is 0.909 bits per heavy atom. The van der Waals surface area contributed by atoms with Crippen molar-refractivity contribution in [3.8, 4) is 22.4 Å². The predicted octanol–water partition coefficient (Wildman–Crippen LogP) is 6.29. The van der Waals surface area contributed by atoms with Crippen LogP contribution in [0, 0.1) is 0 Å². The normalized spacial score (nSPS) is 11.1. The monoisotopic (exact) mass is 454 g/mol. The van der Waals surface area contributed by atoms with Gasteiger partial charge in [0.1, 0.15) is 5.65 Å². The first kappa shape index (κ1) is 20.8. The number of benzene rings is 1. The van der Waals surface area contributed by atoms with Crippen molar-refractivity contribution >= 4 is 33.8 Å². The van der Waals surface area contributed by atoms with Gasteiger partial charge in [-0.1, -0.05) is 26.0 Å². The number of urea groups is 1. The SMILES string of the molecule is CC(C)c1cnc(NC(=O)Nc2ccc(-c3cnc4cc(-c5ccncc5)ccn34)cc2)s1. The molecule has 0 aliphatic carbocycles. The number of carbonyl (C=O) groups is 1. The van der Waals surface area contributed by atoms with E-state index < -0.39 is 0 Å². The van der Waals surface area contributed by atoms with E-state index in [0.717, 1.165) is 32.9 Å². The molecule has 0 bridgehead atoms. The molecular formula is C25H22N6OS. The Balaban J connectivity index is 1.30. The lowest BCUT2D eigenvalue weighted by atomic mass is 10.1. The van der Waals surface area contributed by atoms with Crippen molar-refractivity contribution in [3.05, 3.63) is 84.4 Å². The highest BCUT2D eigenvalue weighted by Gasteiger charge is 2.10. The summed E-state index contributed by atoms with van der Waals surface area (Å²) in [5.41, 5.74) is 5.74. The summed E-state index contributed by atoms with van der Waals surface area (Å²) in [7, 11) is 0. The number of rotatable bonds is 5. The molecule has 0 atom stereocenters. The van der Waals surface area contributed by atoms with Crippen LogP contribution in [0.2, 0.25) is 0 Å². The molecule has 4 heterocycles. The Hall–Kier alpha value is -4.04. The summed E-state index contributed by atoms with van der Waals surface area (Å²) in [6.45, 7) is 4.20. The lowest BCUT2D eigenvalue weighted by Gasteiger charge is -2.08. The van der Waals surface area contributed by atoms with Gasteiger partial charge in [-0.05, 0) is 53.4 Å². The number of thiazole rings is 1. The zero-order chi connectivity index (χ0) is 22.8. The van der Waals surface area contributed by atoms with Crippen LogP contribution in [0.25, 0.3) is 28.0 Å². The number of anilines is 2. The number of nitrogens with zero attached hydrogens (tertiary/aromatic N) is 4.